The maximum absolute atomic E-state index is 12.7. The summed E-state index contributed by atoms with van der Waals surface area (Å²) in [7, 11) is 0.924. The monoisotopic (exact) mass is 886 g/mol. The van der Waals surface area contributed by atoms with Crippen LogP contribution in [0.2, 0.25) is 0 Å². The van der Waals surface area contributed by atoms with Gasteiger partial charge in [0.05, 0.1) is 40.0 Å². The first-order chi connectivity index (χ1) is 29.8. The molecule has 0 aliphatic carbocycles. The molecule has 0 bridgehead atoms. The van der Waals surface area contributed by atoms with Crippen molar-refractivity contribution in [3.63, 3.8) is 0 Å². The largest absolute Gasteiger partial charge is 0.756 e. The van der Waals surface area contributed by atoms with Crippen LogP contribution in [-0.2, 0) is 32.7 Å². The van der Waals surface area contributed by atoms with Gasteiger partial charge in [-0.3, -0.25) is 14.2 Å². The molecule has 0 saturated carbocycles. The molecule has 0 saturated heterocycles. The van der Waals surface area contributed by atoms with Crippen molar-refractivity contribution in [1.82, 2.24) is 0 Å². The summed E-state index contributed by atoms with van der Waals surface area (Å²) in [5.74, 6) is -1.24. The van der Waals surface area contributed by atoms with Gasteiger partial charge in [0.25, 0.3) is 7.82 Å². The number of allylic oxidation sites excluding steroid dienone is 19. The van der Waals surface area contributed by atoms with Crippen LogP contribution < -0.4 is 4.89 Å². The molecule has 12 heteroatoms. The van der Waals surface area contributed by atoms with Gasteiger partial charge in [-0.15, -0.1) is 0 Å². The number of ether oxygens (including phenoxy) is 2. The van der Waals surface area contributed by atoms with Crippen LogP contribution in [-0.4, -0.2) is 92.5 Å². The number of phosphoric ester groups is 1. The van der Waals surface area contributed by atoms with E-state index in [1.54, 1.807) is 0 Å². The van der Waals surface area contributed by atoms with Gasteiger partial charge in [-0.2, -0.15) is 0 Å². The number of esters is 2. The number of aliphatic hydroxyl groups excluding tert-OH is 2. The van der Waals surface area contributed by atoms with E-state index in [4.69, 9.17) is 18.5 Å². The number of hydrogen-bond acceptors (Lipinski definition) is 10. The summed E-state index contributed by atoms with van der Waals surface area (Å²) in [6.07, 6.45) is 48.5. The Bertz CT molecular complexity index is 1500. The average Bonchev–Trinajstić information content (AvgIpc) is 3.22. The molecule has 0 rings (SSSR count). The van der Waals surface area contributed by atoms with Crippen molar-refractivity contribution < 1.29 is 52.3 Å². The molecule has 0 aliphatic heterocycles. The van der Waals surface area contributed by atoms with E-state index in [1.807, 2.05) is 51.5 Å². The molecule has 0 aromatic rings. The number of hydrogen-bond donors (Lipinski definition) is 2. The van der Waals surface area contributed by atoms with E-state index >= 15 is 0 Å². The number of aliphatic hydroxyl groups is 2. The highest BCUT2D eigenvalue weighted by Crippen LogP contribution is 2.38. The van der Waals surface area contributed by atoms with Crippen molar-refractivity contribution in [3.8, 4) is 0 Å². The highest BCUT2D eigenvalue weighted by Gasteiger charge is 2.22. The van der Waals surface area contributed by atoms with Gasteiger partial charge in [0, 0.05) is 12.8 Å². The highest BCUT2D eigenvalue weighted by molar-refractivity contribution is 7.45. The van der Waals surface area contributed by atoms with Gasteiger partial charge in [0.2, 0.25) is 0 Å². The summed E-state index contributed by atoms with van der Waals surface area (Å²) in [4.78, 5) is 37.6. The average molecular weight is 886 g/mol. The Hall–Kier alpha value is -3.67. The van der Waals surface area contributed by atoms with Crippen LogP contribution in [0.3, 0.4) is 0 Å². The maximum atomic E-state index is 12.7. The van der Waals surface area contributed by atoms with Crippen LogP contribution in [0, 0.1) is 0 Å². The van der Waals surface area contributed by atoms with Crippen LogP contribution in [0.15, 0.2) is 122 Å². The van der Waals surface area contributed by atoms with Gasteiger partial charge in [0.1, 0.15) is 19.8 Å². The van der Waals surface area contributed by atoms with Crippen LogP contribution in [0.25, 0.3) is 0 Å². The highest BCUT2D eigenvalue weighted by atomic mass is 31.2. The molecule has 0 radical (unpaired) electrons. The standard InChI is InChI=1S/C50H80NO10P/c1-6-8-10-12-14-16-18-20-21-22-23-24-25-26-28-30-32-34-36-40-49(54)58-44-46(45-60-62(56,57)59-43-42-51(3,4)5)61-50(55)41-37-39-48(53)47(52)38-35-33-31-29-27-19-17-15-13-11-9-7-2/h8-11,14-17,20-21,23-24,26-29,32-35,46-48,52-53H,6-7,12-13,18-19,22,25,30-31,36-45H2,1-5H3/b10-8-,11-9-,16-14-,17-15-,21-20-,24-23-,28-26-,29-27-,34-32-,35-33-/t46-,47-,48-/m1/s1. The Morgan fingerprint density at radius 2 is 1.02 bits per heavy atom. The van der Waals surface area contributed by atoms with Gasteiger partial charge < -0.3 is 38.1 Å². The molecule has 4 atom stereocenters. The molecule has 0 amide bonds. The summed E-state index contributed by atoms with van der Waals surface area (Å²) in [5.41, 5.74) is 0. The third kappa shape index (κ3) is 41.7. The minimum atomic E-state index is -4.74. The number of nitrogens with zero attached hydrogens (tertiary/aromatic N) is 1. The Labute approximate surface area is 374 Å². The molecule has 0 heterocycles. The number of rotatable bonds is 38. The molecule has 0 aliphatic rings. The first-order valence-corrected chi connectivity index (χ1v) is 23.9. The van der Waals surface area contributed by atoms with Crippen LogP contribution >= 0.6 is 7.82 Å². The van der Waals surface area contributed by atoms with Crippen molar-refractivity contribution >= 4 is 19.8 Å². The quantitative estimate of drug-likeness (QED) is 0.0265. The molecule has 0 spiro atoms. The van der Waals surface area contributed by atoms with Crippen molar-refractivity contribution in [2.75, 3.05) is 47.5 Å². The topological polar surface area (TPSA) is 152 Å². The van der Waals surface area contributed by atoms with Gasteiger partial charge in [-0.05, 0) is 89.9 Å². The smallest absolute Gasteiger partial charge is 0.306 e. The molecule has 350 valence electrons. The Balaban J connectivity index is 4.74. The lowest BCUT2D eigenvalue weighted by atomic mass is 10.0. The van der Waals surface area contributed by atoms with E-state index in [1.165, 1.54) is 0 Å². The Kier molecular flexibility index (Phi) is 37.8. The molecule has 0 fully saturated rings. The fraction of sp³-hybridized carbons (Fsp3) is 0.560. The number of carbonyl (C=O) groups is 2. The van der Waals surface area contributed by atoms with Gasteiger partial charge in [-0.25, -0.2) is 0 Å². The second-order valence-corrected chi connectivity index (χ2v) is 17.0. The van der Waals surface area contributed by atoms with Crippen molar-refractivity contribution in [3.05, 3.63) is 122 Å². The second-order valence-electron chi connectivity index (χ2n) is 15.6. The van der Waals surface area contributed by atoms with E-state index < -0.39 is 51.3 Å². The van der Waals surface area contributed by atoms with E-state index in [0.717, 1.165) is 57.8 Å². The fourth-order valence-electron chi connectivity index (χ4n) is 5.12. The molecular formula is C50H80NO10P. The lowest BCUT2D eigenvalue weighted by molar-refractivity contribution is -0.870. The number of quaternary nitrogens is 1. The molecule has 62 heavy (non-hydrogen) atoms. The van der Waals surface area contributed by atoms with E-state index in [0.29, 0.717) is 23.9 Å². The van der Waals surface area contributed by atoms with Crippen LogP contribution in [0.5, 0.6) is 0 Å². The first kappa shape index (κ1) is 58.3. The summed E-state index contributed by atoms with van der Waals surface area (Å²) >= 11 is 0. The third-order valence-electron chi connectivity index (χ3n) is 8.69. The summed E-state index contributed by atoms with van der Waals surface area (Å²) in [6, 6.07) is 0. The van der Waals surface area contributed by atoms with E-state index in [9.17, 15) is 29.3 Å². The zero-order valence-electron chi connectivity index (χ0n) is 38.5. The Morgan fingerprint density at radius 3 is 1.47 bits per heavy atom. The van der Waals surface area contributed by atoms with E-state index in [2.05, 4.69) is 105 Å². The zero-order chi connectivity index (χ0) is 46.0. The number of carbonyl (C=O) groups excluding carboxylic acids is 2. The lowest BCUT2D eigenvalue weighted by Crippen LogP contribution is -2.37. The summed E-state index contributed by atoms with van der Waals surface area (Å²) < 4.78 is 33.6. The minimum Gasteiger partial charge on any atom is -0.756 e. The zero-order valence-corrected chi connectivity index (χ0v) is 39.4. The predicted octanol–water partition coefficient (Wildman–Crippen LogP) is 10.2. The van der Waals surface area contributed by atoms with Crippen LogP contribution in [0.1, 0.15) is 117 Å². The molecule has 2 N–H and O–H groups in total. The fourth-order valence-corrected chi connectivity index (χ4v) is 5.85. The molecule has 0 aromatic heterocycles. The van der Waals surface area contributed by atoms with Gasteiger partial charge in [-0.1, -0.05) is 135 Å². The molecule has 0 aromatic carbocycles. The molecular weight excluding hydrogens is 806 g/mol. The van der Waals surface area contributed by atoms with E-state index in [-0.39, 0.29) is 38.7 Å². The normalized spacial score (nSPS) is 15.7. The SMILES string of the molecule is CC/C=C\C/C=C\C/C=C\C/C=C\C/C=C\C/C=C\CCC(=O)OC[C@H](COP(=O)([O-])OCC[N+](C)(C)C)OC(=O)CCC[C@@H](O)[C@H](O)C/C=C\C/C=C\C/C=C\C/C=C\CC. The molecule has 11 nitrogen and oxygen atoms in total. The van der Waals surface area contributed by atoms with Gasteiger partial charge in [0.15, 0.2) is 6.10 Å². The van der Waals surface area contributed by atoms with Crippen molar-refractivity contribution in [1.29, 1.82) is 0 Å². The summed E-state index contributed by atoms with van der Waals surface area (Å²) in [5, 5.41) is 20.8. The maximum Gasteiger partial charge on any atom is 0.306 e. The Morgan fingerprint density at radius 1 is 0.581 bits per heavy atom. The van der Waals surface area contributed by atoms with Crippen molar-refractivity contribution in [2.45, 2.75) is 135 Å². The van der Waals surface area contributed by atoms with Crippen molar-refractivity contribution in [2.24, 2.45) is 0 Å². The second kappa shape index (κ2) is 40.1. The minimum absolute atomic E-state index is 0.0824. The predicted molar refractivity (Wildman–Crippen MR) is 252 cm³/mol. The first-order valence-electron chi connectivity index (χ1n) is 22.4. The number of likely N-dealkylation sites (N-methyl/N-ethyl adjacent to an activating group) is 1. The molecule has 1 unspecified atom stereocenters. The number of phosphoric acid groups is 1. The van der Waals surface area contributed by atoms with Crippen LogP contribution in [0.4, 0.5) is 0 Å². The van der Waals surface area contributed by atoms with Gasteiger partial charge >= 0.3 is 11.9 Å². The lowest BCUT2D eigenvalue weighted by Gasteiger charge is -2.28. The summed E-state index contributed by atoms with van der Waals surface area (Å²) in [6.45, 7) is 3.53. The third-order valence-corrected chi connectivity index (χ3v) is 9.66.